The van der Waals surface area contributed by atoms with Crippen LogP contribution in [-0.2, 0) is 11.2 Å². The van der Waals surface area contributed by atoms with Crippen LogP contribution in [0.2, 0.25) is 0 Å². The Hall–Kier alpha value is -1.00. The zero-order chi connectivity index (χ0) is 11.9. The molecule has 1 aromatic rings. The van der Waals surface area contributed by atoms with Crippen molar-refractivity contribution in [3.05, 3.63) is 35.4 Å². The summed E-state index contributed by atoms with van der Waals surface area (Å²) in [6.45, 7) is 0.380. The second-order valence-electron chi connectivity index (χ2n) is 4.79. The van der Waals surface area contributed by atoms with E-state index in [0.717, 1.165) is 12.0 Å². The largest absolute Gasteiger partial charge is 0.372 e. The van der Waals surface area contributed by atoms with Crippen LogP contribution in [0, 0.1) is 0 Å². The number of rotatable bonds is 1. The molecule has 1 N–H and O–H groups in total. The summed E-state index contributed by atoms with van der Waals surface area (Å²) >= 11 is 0. The van der Waals surface area contributed by atoms with Crippen LogP contribution in [0.25, 0.3) is 0 Å². The van der Waals surface area contributed by atoms with E-state index in [2.05, 4.69) is 11.4 Å². The molecule has 4 heteroatoms. The molecule has 1 saturated heterocycles. The Morgan fingerprint density at radius 3 is 2.88 bits per heavy atom. The molecule has 1 aromatic carbocycles. The smallest absolute Gasteiger partial charge is 0.261 e. The number of fused-ring (bicyclic) bond motifs is 1. The van der Waals surface area contributed by atoms with Crippen molar-refractivity contribution in [3.63, 3.8) is 0 Å². The van der Waals surface area contributed by atoms with Gasteiger partial charge < -0.3 is 10.1 Å². The quantitative estimate of drug-likeness (QED) is 0.812. The minimum Gasteiger partial charge on any atom is -0.372 e. The summed E-state index contributed by atoms with van der Waals surface area (Å²) in [5.74, 6) is -2.60. The fourth-order valence-corrected chi connectivity index (χ4v) is 2.72. The van der Waals surface area contributed by atoms with Gasteiger partial charge in [0.25, 0.3) is 5.92 Å². The standard InChI is InChI=1S/C13H15F2NO/c14-13(15)7-11(16-8-13)12-10-4-2-1-3-9(10)5-6-17-12/h1-4,11-12,16H,5-8H2/t11?,12-/m1/s1. The van der Waals surface area contributed by atoms with E-state index in [4.69, 9.17) is 4.74 Å². The lowest BCUT2D eigenvalue weighted by Crippen LogP contribution is -2.33. The van der Waals surface area contributed by atoms with E-state index in [0.29, 0.717) is 6.61 Å². The van der Waals surface area contributed by atoms with E-state index < -0.39 is 5.92 Å². The van der Waals surface area contributed by atoms with Crippen molar-refractivity contribution in [2.45, 2.75) is 30.9 Å². The number of hydrogen-bond acceptors (Lipinski definition) is 2. The summed E-state index contributed by atoms with van der Waals surface area (Å²) in [5.41, 5.74) is 2.29. The molecule has 0 amide bonds. The van der Waals surface area contributed by atoms with Crippen LogP contribution in [0.4, 0.5) is 8.78 Å². The number of hydrogen-bond donors (Lipinski definition) is 1. The summed E-state index contributed by atoms with van der Waals surface area (Å²) in [6, 6.07) is 7.69. The molecular weight excluding hydrogens is 224 g/mol. The Bertz CT molecular complexity index is 422. The maximum absolute atomic E-state index is 13.2. The SMILES string of the molecule is FC1(F)CNC([C@@H]2OCCc3ccccc32)C1. The van der Waals surface area contributed by atoms with Crippen molar-refractivity contribution in [3.8, 4) is 0 Å². The van der Waals surface area contributed by atoms with Gasteiger partial charge in [-0.25, -0.2) is 8.78 Å². The van der Waals surface area contributed by atoms with Crippen molar-refractivity contribution < 1.29 is 13.5 Å². The number of benzene rings is 1. The number of ether oxygens (including phenoxy) is 1. The van der Waals surface area contributed by atoms with Crippen LogP contribution in [0.15, 0.2) is 24.3 Å². The Balaban J connectivity index is 1.86. The molecule has 2 atom stereocenters. The van der Waals surface area contributed by atoms with Crippen molar-refractivity contribution in [1.29, 1.82) is 0 Å². The van der Waals surface area contributed by atoms with Crippen LogP contribution in [0.1, 0.15) is 23.7 Å². The molecule has 0 radical (unpaired) electrons. The third-order valence-corrected chi connectivity index (χ3v) is 3.54. The highest BCUT2D eigenvalue weighted by molar-refractivity contribution is 5.32. The first kappa shape index (κ1) is 11.1. The van der Waals surface area contributed by atoms with Crippen LogP contribution in [0.5, 0.6) is 0 Å². The minimum absolute atomic E-state index is 0.133. The van der Waals surface area contributed by atoms with Gasteiger partial charge in [0.2, 0.25) is 0 Å². The molecule has 0 spiro atoms. The van der Waals surface area contributed by atoms with Crippen LogP contribution in [-0.4, -0.2) is 25.1 Å². The van der Waals surface area contributed by atoms with Gasteiger partial charge in [-0.3, -0.25) is 0 Å². The summed E-state index contributed by atoms with van der Waals surface area (Å²) < 4.78 is 32.1. The first-order chi connectivity index (χ1) is 8.16. The fraction of sp³-hybridized carbons (Fsp3) is 0.538. The third kappa shape index (κ3) is 2.07. The Morgan fingerprint density at radius 1 is 1.29 bits per heavy atom. The Labute approximate surface area is 99.0 Å². The molecule has 0 bridgehead atoms. The molecular formula is C13H15F2NO. The van der Waals surface area contributed by atoms with Crippen molar-refractivity contribution in [2.75, 3.05) is 13.2 Å². The maximum atomic E-state index is 13.2. The number of halogens is 2. The molecule has 1 unspecified atom stereocenters. The van der Waals surface area contributed by atoms with E-state index in [1.54, 1.807) is 0 Å². The topological polar surface area (TPSA) is 21.3 Å². The Kier molecular flexibility index (Phi) is 2.64. The van der Waals surface area contributed by atoms with Gasteiger partial charge in [-0.2, -0.15) is 0 Å². The second kappa shape index (κ2) is 4.03. The molecule has 2 heterocycles. The minimum atomic E-state index is -2.60. The van der Waals surface area contributed by atoms with Gasteiger partial charge in [0, 0.05) is 12.5 Å². The molecule has 0 saturated carbocycles. The lowest BCUT2D eigenvalue weighted by atomic mass is 9.92. The molecule has 3 rings (SSSR count). The third-order valence-electron chi connectivity index (χ3n) is 3.54. The average Bonchev–Trinajstić information content (AvgIpc) is 2.69. The van der Waals surface area contributed by atoms with Crippen molar-refractivity contribution in [2.24, 2.45) is 0 Å². The van der Waals surface area contributed by atoms with Crippen LogP contribution < -0.4 is 5.32 Å². The molecule has 2 nitrogen and oxygen atoms in total. The second-order valence-corrected chi connectivity index (χ2v) is 4.79. The normalized spacial score (nSPS) is 31.2. The van der Waals surface area contributed by atoms with Crippen molar-refractivity contribution in [1.82, 2.24) is 5.32 Å². The molecule has 2 aliphatic rings. The van der Waals surface area contributed by atoms with E-state index in [1.807, 2.05) is 18.2 Å². The molecule has 2 aliphatic heterocycles. The lowest BCUT2D eigenvalue weighted by molar-refractivity contribution is -0.00654. The van der Waals surface area contributed by atoms with E-state index in [9.17, 15) is 8.78 Å². The van der Waals surface area contributed by atoms with Crippen molar-refractivity contribution >= 4 is 0 Å². The molecule has 0 aliphatic carbocycles. The maximum Gasteiger partial charge on any atom is 0.261 e. The van der Waals surface area contributed by atoms with Gasteiger partial charge in [0.15, 0.2) is 0 Å². The van der Waals surface area contributed by atoms with E-state index >= 15 is 0 Å². The molecule has 17 heavy (non-hydrogen) atoms. The molecule has 0 aromatic heterocycles. The monoisotopic (exact) mass is 239 g/mol. The van der Waals surface area contributed by atoms with E-state index in [1.165, 1.54) is 5.56 Å². The fourth-order valence-electron chi connectivity index (χ4n) is 2.72. The number of alkyl halides is 2. The predicted molar refractivity (Wildman–Crippen MR) is 60.2 cm³/mol. The van der Waals surface area contributed by atoms with Gasteiger partial charge in [-0.1, -0.05) is 24.3 Å². The Morgan fingerprint density at radius 2 is 2.12 bits per heavy atom. The van der Waals surface area contributed by atoms with Crippen LogP contribution in [0.3, 0.4) is 0 Å². The zero-order valence-electron chi connectivity index (χ0n) is 9.46. The highest BCUT2D eigenvalue weighted by atomic mass is 19.3. The molecule has 1 fully saturated rings. The van der Waals surface area contributed by atoms with Gasteiger partial charge in [-0.05, 0) is 17.5 Å². The first-order valence-corrected chi connectivity index (χ1v) is 5.96. The first-order valence-electron chi connectivity index (χ1n) is 5.96. The highest BCUT2D eigenvalue weighted by Gasteiger charge is 2.44. The summed E-state index contributed by atoms with van der Waals surface area (Å²) in [5, 5.41) is 2.88. The summed E-state index contributed by atoms with van der Waals surface area (Å²) in [4.78, 5) is 0. The average molecular weight is 239 g/mol. The predicted octanol–water partition coefficient (Wildman–Crippen LogP) is 2.30. The lowest BCUT2D eigenvalue weighted by Gasteiger charge is -2.30. The van der Waals surface area contributed by atoms with Gasteiger partial charge in [-0.15, -0.1) is 0 Å². The van der Waals surface area contributed by atoms with Gasteiger partial charge in [0.1, 0.15) is 0 Å². The molecule has 92 valence electrons. The summed E-state index contributed by atoms with van der Waals surface area (Å²) in [6.07, 6.45) is 0.509. The van der Waals surface area contributed by atoms with Gasteiger partial charge >= 0.3 is 0 Å². The van der Waals surface area contributed by atoms with Gasteiger partial charge in [0.05, 0.1) is 19.3 Å². The van der Waals surface area contributed by atoms with E-state index in [-0.39, 0.29) is 25.1 Å². The summed E-state index contributed by atoms with van der Waals surface area (Å²) in [7, 11) is 0. The van der Waals surface area contributed by atoms with Crippen LogP contribution >= 0.6 is 0 Å². The number of nitrogens with one attached hydrogen (secondary N) is 1. The zero-order valence-corrected chi connectivity index (χ0v) is 9.46. The highest BCUT2D eigenvalue weighted by Crippen LogP contribution is 2.36.